The number of carbonyl (C=O) groups excluding carboxylic acids is 1. The molecule has 1 atom stereocenters. The summed E-state index contributed by atoms with van der Waals surface area (Å²) in [6.07, 6.45) is 2.71. The molecule has 0 bridgehead atoms. The summed E-state index contributed by atoms with van der Waals surface area (Å²) >= 11 is 0. The van der Waals surface area contributed by atoms with Crippen LogP contribution in [0.15, 0.2) is 71.7 Å². The number of nitrogens with zero attached hydrogens (tertiary/aromatic N) is 2. The van der Waals surface area contributed by atoms with Gasteiger partial charge in [0.15, 0.2) is 11.4 Å². The Morgan fingerprint density at radius 2 is 1.63 bits per heavy atom. The van der Waals surface area contributed by atoms with Crippen LogP contribution in [0.3, 0.4) is 0 Å². The lowest BCUT2D eigenvalue weighted by Gasteiger charge is -2.23. The molecule has 5 rings (SSSR count). The van der Waals surface area contributed by atoms with Crippen LogP contribution in [-0.4, -0.2) is 20.5 Å². The number of fused-ring (bicyclic) bond motifs is 3. The molecule has 0 radical (unpaired) electrons. The number of para-hydroxylation sites is 1. The van der Waals surface area contributed by atoms with E-state index in [0.717, 1.165) is 16.8 Å². The number of H-pyrrole nitrogens is 1. The van der Waals surface area contributed by atoms with Gasteiger partial charge in [-0.3, -0.25) is 14.7 Å². The fourth-order valence-corrected chi connectivity index (χ4v) is 3.96. The number of carbonyl (C=O) groups is 1. The van der Waals surface area contributed by atoms with Crippen LogP contribution in [0.1, 0.15) is 33.8 Å². The van der Waals surface area contributed by atoms with Gasteiger partial charge < -0.3 is 0 Å². The summed E-state index contributed by atoms with van der Waals surface area (Å²) < 4.78 is 1.49. The zero-order valence-corrected chi connectivity index (χ0v) is 14.6. The molecule has 0 spiro atoms. The minimum Gasteiger partial charge on any atom is -0.294 e. The summed E-state index contributed by atoms with van der Waals surface area (Å²) in [6.45, 7) is 0. The summed E-state index contributed by atoms with van der Waals surface area (Å²) in [5, 5.41) is 3.60. The molecule has 2 aromatic carbocycles. The molecule has 0 saturated carbocycles. The lowest BCUT2D eigenvalue weighted by Crippen LogP contribution is -2.22. The van der Waals surface area contributed by atoms with Gasteiger partial charge in [0.1, 0.15) is 0 Å². The van der Waals surface area contributed by atoms with Gasteiger partial charge in [0.2, 0.25) is 0 Å². The van der Waals surface area contributed by atoms with E-state index in [4.69, 9.17) is 0 Å². The fraction of sp³-hybridized carbons (Fsp3) is 0.136. The molecule has 0 aliphatic heterocycles. The Hall–Kier alpha value is -3.47. The molecule has 1 unspecified atom stereocenters. The molecule has 2 heterocycles. The highest BCUT2D eigenvalue weighted by atomic mass is 16.1. The van der Waals surface area contributed by atoms with Gasteiger partial charge in [0.05, 0.1) is 11.1 Å². The number of rotatable bonds is 2. The lowest BCUT2D eigenvalue weighted by molar-refractivity contribution is 0.0964. The Morgan fingerprint density at radius 3 is 2.37 bits per heavy atom. The number of nitrogens with one attached hydrogen (secondary N) is 1. The van der Waals surface area contributed by atoms with Crippen LogP contribution in [0.2, 0.25) is 0 Å². The van der Waals surface area contributed by atoms with E-state index < -0.39 is 0 Å². The molecule has 132 valence electrons. The third-order valence-electron chi connectivity index (χ3n) is 5.29. The second kappa shape index (κ2) is 6.06. The molecule has 0 fully saturated rings. The average Bonchev–Trinajstić information content (AvgIpc) is 3.06. The third-order valence-corrected chi connectivity index (χ3v) is 5.29. The SMILES string of the molecule is O=C1CC(c2ccccc2)Cc2c1cnc1[nH]n(-c3ccccc3)c(=O)c21. The highest BCUT2D eigenvalue weighted by Gasteiger charge is 2.30. The van der Waals surface area contributed by atoms with Gasteiger partial charge in [0.25, 0.3) is 5.56 Å². The summed E-state index contributed by atoms with van der Waals surface area (Å²) in [6, 6.07) is 19.4. The maximum atomic E-state index is 13.1. The predicted molar refractivity (Wildman–Crippen MR) is 104 cm³/mol. The number of Topliss-reactive ketones (excluding diaryl/α,β-unsaturated/α-hetero) is 1. The highest BCUT2D eigenvalue weighted by Crippen LogP contribution is 2.34. The van der Waals surface area contributed by atoms with Crippen molar-refractivity contribution in [2.45, 2.75) is 18.8 Å². The van der Waals surface area contributed by atoms with E-state index in [-0.39, 0.29) is 17.3 Å². The van der Waals surface area contributed by atoms with E-state index in [1.54, 1.807) is 6.20 Å². The number of hydrogen-bond donors (Lipinski definition) is 1. The van der Waals surface area contributed by atoms with Crippen LogP contribution in [0.5, 0.6) is 0 Å². The van der Waals surface area contributed by atoms with Gasteiger partial charge in [-0.15, -0.1) is 0 Å². The van der Waals surface area contributed by atoms with E-state index in [2.05, 4.69) is 10.1 Å². The molecule has 1 aliphatic rings. The summed E-state index contributed by atoms with van der Waals surface area (Å²) in [5.74, 6) is 0.127. The van der Waals surface area contributed by atoms with Crippen molar-refractivity contribution in [1.29, 1.82) is 0 Å². The van der Waals surface area contributed by atoms with Crippen LogP contribution in [0, 0.1) is 0 Å². The van der Waals surface area contributed by atoms with Crippen molar-refractivity contribution >= 4 is 16.8 Å². The normalized spacial score (nSPS) is 16.4. The van der Waals surface area contributed by atoms with E-state index in [1.165, 1.54) is 4.68 Å². The Balaban J connectivity index is 1.70. The molecular weight excluding hydrogens is 338 g/mol. The van der Waals surface area contributed by atoms with Crippen molar-refractivity contribution in [2.75, 3.05) is 0 Å². The lowest BCUT2D eigenvalue weighted by atomic mass is 9.79. The average molecular weight is 355 g/mol. The smallest absolute Gasteiger partial charge is 0.281 e. The first-order valence-corrected chi connectivity index (χ1v) is 8.98. The largest absolute Gasteiger partial charge is 0.294 e. The maximum Gasteiger partial charge on any atom is 0.281 e. The topological polar surface area (TPSA) is 67.8 Å². The van der Waals surface area contributed by atoms with Crippen molar-refractivity contribution in [2.24, 2.45) is 0 Å². The second-order valence-corrected chi connectivity index (χ2v) is 6.90. The standard InChI is InChI=1S/C22H17N3O2/c26-19-12-15(14-7-3-1-4-8-14)11-17-18(19)13-23-21-20(17)22(27)25(24-21)16-9-5-2-6-10-16/h1-10,13,15H,11-12H2,(H,23,24). The number of aromatic nitrogens is 3. The van der Waals surface area contributed by atoms with Crippen molar-refractivity contribution < 1.29 is 4.79 Å². The zero-order chi connectivity index (χ0) is 18.4. The van der Waals surface area contributed by atoms with Crippen molar-refractivity contribution in [3.63, 3.8) is 0 Å². The minimum absolute atomic E-state index is 0.0476. The third kappa shape index (κ3) is 2.51. The molecule has 2 aromatic heterocycles. The Labute approximate surface area is 155 Å². The fourth-order valence-electron chi connectivity index (χ4n) is 3.96. The van der Waals surface area contributed by atoms with Crippen LogP contribution >= 0.6 is 0 Å². The number of aromatic amines is 1. The van der Waals surface area contributed by atoms with E-state index >= 15 is 0 Å². The molecule has 4 aromatic rings. The van der Waals surface area contributed by atoms with Crippen molar-refractivity contribution in [3.05, 3.63) is 93.9 Å². The van der Waals surface area contributed by atoms with Gasteiger partial charge in [0, 0.05) is 18.2 Å². The van der Waals surface area contributed by atoms with Crippen LogP contribution in [-0.2, 0) is 6.42 Å². The first-order valence-electron chi connectivity index (χ1n) is 8.98. The van der Waals surface area contributed by atoms with Gasteiger partial charge in [-0.25, -0.2) is 9.67 Å². The maximum absolute atomic E-state index is 13.1. The zero-order valence-electron chi connectivity index (χ0n) is 14.6. The molecule has 0 saturated heterocycles. The first-order chi connectivity index (χ1) is 13.2. The Morgan fingerprint density at radius 1 is 0.926 bits per heavy atom. The molecule has 1 aliphatic carbocycles. The van der Waals surface area contributed by atoms with Gasteiger partial charge >= 0.3 is 0 Å². The highest BCUT2D eigenvalue weighted by molar-refractivity contribution is 6.02. The van der Waals surface area contributed by atoms with E-state index in [9.17, 15) is 9.59 Å². The number of ketones is 1. The number of pyridine rings is 1. The monoisotopic (exact) mass is 355 g/mol. The number of benzene rings is 2. The van der Waals surface area contributed by atoms with Crippen LogP contribution in [0.4, 0.5) is 0 Å². The second-order valence-electron chi connectivity index (χ2n) is 6.90. The molecule has 0 amide bonds. The van der Waals surface area contributed by atoms with E-state index in [1.807, 2.05) is 60.7 Å². The van der Waals surface area contributed by atoms with Crippen LogP contribution in [0.25, 0.3) is 16.7 Å². The minimum atomic E-state index is -0.165. The summed E-state index contributed by atoms with van der Waals surface area (Å²) in [7, 11) is 0. The molecule has 1 N–H and O–H groups in total. The molecule has 27 heavy (non-hydrogen) atoms. The predicted octanol–water partition coefficient (Wildman–Crippen LogP) is 3.63. The Kier molecular flexibility index (Phi) is 3.53. The Bertz CT molecular complexity index is 1210. The summed E-state index contributed by atoms with van der Waals surface area (Å²) in [5.41, 5.74) is 3.61. The molecule has 5 heteroatoms. The summed E-state index contributed by atoms with van der Waals surface area (Å²) in [4.78, 5) is 30.2. The first kappa shape index (κ1) is 15.8. The van der Waals surface area contributed by atoms with E-state index in [0.29, 0.717) is 29.4 Å². The number of hydrogen-bond acceptors (Lipinski definition) is 3. The molecular formula is C22H17N3O2. The van der Waals surface area contributed by atoms with Crippen molar-refractivity contribution in [3.8, 4) is 5.69 Å². The quantitative estimate of drug-likeness (QED) is 0.597. The van der Waals surface area contributed by atoms with Crippen molar-refractivity contribution in [1.82, 2.24) is 14.8 Å². The van der Waals surface area contributed by atoms with Gasteiger partial charge in [-0.2, -0.15) is 0 Å². The molecule has 5 nitrogen and oxygen atoms in total. The van der Waals surface area contributed by atoms with Crippen LogP contribution < -0.4 is 5.56 Å². The van der Waals surface area contributed by atoms with Gasteiger partial charge in [-0.1, -0.05) is 48.5 Å². The van der Waals surface area contributed by atoms with Gasteiger partial charge in [-0.05, 0) is 35.6 Å².